The predicted octanol–water partition coefficient (Wildman–Crippen LogP) is 2.27. The van der Waals surface area contributed by atoms with E-state index in [-0.39, 0.29) is 5.69 Å². The van der Waals surface area contributed by atoms with Crippen molar-refractivity contribution < 1.29 is 13.9 Å². The summed E-state index contributed by atoms with van der Waals surface area (Å²) in [6.07, 6.45) is 3.17. The molecule has 1 heterocycles. The van der Waals surface area contributed by atoms with Crippen LogP contribution in [0.25, 0.3) is 5.57 Å². The number of nitrogens with zero attached hydrogens (tertiary/aromatic N) is 1. The van der Waals surface area contributed by atoms with Gasteiger partial charge in [0.05, 0.1) is 6.61 Å². The Morgan fingerprint density at radius 1 is 1.71 bits per heavy atom. The summed E-state index contributed by atoms with van der Waals surface area (Å²) in [4.78, 5) is 15.2. The monoisotopic (exact) mass is 195 g/mol. The first-order valence-electron chi connectivity index (χ1n) is 4.45. The van der Waals surface area contributed by atoms with E-state index in [1.54, 1.807) is 6.92 Å². The Morgan fingerprint density at radius 3 is 3.00 bits per heavy atom. The van der Waals surface area contributed by atoms with Crippen LogP contribution in [0.2, 0.25) is 0 Å². The van der Waals surface area contributed by atoms with Gasteiger partial charge in [0.25, 0.3) is 0 Å². The van der Waals surface area contributed by atoms with E-state index < -0.39 is 5.97 Å². The maximum Gasteiger partial charge on any atom is 0.360 e. The SMILES string of the molecule is C/C=C(\C)c1nc(C(=O)OCC)co1. The Hall–Kier alpha value is -1.58. The molecule has 0 spiro atoms. The molecule has 0 bridgehead atoms. The molecule has 1 rings (SSSR count). The summed E-state index contributed by atoms with van der Waals surface area (Å²) in [6.45, 7) is 5.82. The lowest BCUT2D eigenvalue weighted by molar-refractivity contribution is 0.0519. The second-order valence-electron chi connectivity index (χ2n) is 2.73. The third-order valence-electron chi connectivity index (χ3n) is 1.76. The minimum Gasteiger partial charge on any atom is -0.461 e. The third kappa shape index (κ3) is 2.22. The van der Waals surface area contributed by atoms with Gasteiger partial charge in [0.1, 0.15) is 6.26 Å². The Kier molecular flexibility index (Phi) is 3.45. The number of ether oxygens (including phenoxy) is 1. The summed E-state index contributed by atoms with van der Waals surface area (Å²) >= 11 is 0. The Labute approximate surface area is 82.6 Å². The molecule has 0 atom stereocenters. The maximum atomic E-state index is 11.2. The summed E-state index contributed by atoms with van der Waals surface area (Å²) in [5.74, 6) is 0.00181. The van der Waals surface area contributed by atoms with Crippen LogP contribution in [0.5, 0.6) is 0 Å². The number of carbonyl (C=O) groups excluding carboxylic acids is 1. The average Bonchev–Trinajstić information content (AvgIpc) is 2.66. The van der Waals surface area contributed by atoms with Gasteiger partial charge in [-0.1, -0.05) is 6.08 Å². The highest BCUT2D eigenvalue weighted by Crippen LogP contribution is 2.13. The molecule has 0 aliphatic heterocycles. The number of allylic oxidation sites excluding steroid dienone is 2. The van der Waals surface area contributed by atoms with Crippen molar-refractivity contribution in [2.24, 2.45) is 0 Å². The van der Waals surface area contributed by atoms with E-state index in [2.05, 4.69) is 4.98 Å². The van der Waals surface area contributed by atoms with Gasteiger partial charge in [-0.2, -0.15) is 0 Å². The van der Waals surface area contributed by atoms with Crippen molar-refractivity contribution in [3.05, 3.63) is 23.9 Å². The number of carbonyl (C=O) groups is 1. The molecule has 0 aliphatic rings. The van der Waals surface area contributed by atoms with Crippen LogP contribution in [-0.4, -0.2) is 17.6 Å². The first-order valence-corrected chi connectivity index (χ1v) is 4.45. The normalized spacial score (nSPS) is 11.5. The molecule has 0 fully saturated rings. The minimum atomic E-state index is -0.452. The maximum absolute atomic E-state index is 11.2. The Morgan fingerprint density at radius 2 is 2.43 bits per heavy atom. The zero-order valence-corrected chi connectivity index (χ0v) is 8.53. The fourth-order valence-electron chi connectivity index (χ4n) is 0.877. The lowest BCUT2D eigenvalue weighted by atomic mass is 10.3. The molecule has 0 aromatic carbocycles. The van der Waals surface area contributed by atoms with Gasteiger partial charge in [-0.3, -0.25) is 0 Å². The average molecular weight is 195 g/mol. The molecule has 4 heteroatoms. The van der Waals surface area contributed by atoms with Gasteiger partial charge in [0.15, 0.2) is 5.69 Å². The van der Waals surface area contributed by atoms with Gasteiger partial charge in [-0.25, -0.2) is 9.78 Å². The van der Waals surface area contributed by atoms with E-state index in [1.165, 1.54) is 6.26 Å². The van der Waals surface area contributed by atoms with Crippen LogP contribution in [0.3, 0.4) is 0 Å². The summed E-state index contributed by atoms with van der Waals surface area (Å²) in [5.41, 5.74) is 1.10. The van der Waals surface area contributed by atoms with Crippen LogP contribution in [0.4, 0.5) is 0 Å². The Bertz CT molecular complexity index is 352. The molecule has 0 N–H and O–H groups in total. The van der Waals surface area contributed by atoms with Gasteiger partial charge in [0, 0.05) is 5.57 Å². The summed E-state index contributed by atoms with van der Waals surface area (Å²) in [7, 11) is 0. The lowest BCUT2D eigenvalue weighted by Gasteiger charge is -1.95. The largest absolute Gasteiger partial charge is 0.461 e. The van der Waals surface area contributed by atoms with E-state index in [0.29, 0.717) is 12.5 Å². The number of hydrogen-bond donors (Lipinski definition) is 0. The molecule has 76 valence electrons. The molecule has 0 radical (unpaired) electrons. The summed E-state index contributed by atoms with van der Waals surface area (Å²) < 4.78 is 9.88. The van der Waals surface area contributed by atoms with Crippen molar-refractivity contribution in [1.82, 2.24) is 4.98 Å². The van der Waals surface area contributed by atoms with E-state index >= 15 is 0 Å². The van der Waals surface area contributed by atoms with Crippen LogP contribution in [0, 0.1) is 0 Å². The molecule has 1 aromatic heterocycles. The first kappa shape index (κ1) is 10.5. The Balaban J connectivity index is 2.83. The number of aromatic nitrogens is 1. The number of esters is 1. The first-order chi connectivity index (χ1) is 6.69. The van der Waals surface area contributed by atoms with Gasteiger partial charge in [-0.15, -0.1) is 0 Å². The van der Waals surface area contributed by atoms with Crippen molar-refractivity contribution in [2.45, 2.75) is 20.8 Å². The molecular weight excluding hydrogens is 182 g/mol. The van der Waals surface area contributed by atoms with E-state index in [9.17, 15) is 4.79 Å². The molecule has 0 unspecified atom stereocenters. The van der Waals surface area contributed by atoms with E-state index in [1.807, 2.05) is 19.9 Å². The van der Waals surface area contributed by atoms with Gasteiger partial charge in [0.2, 0.25) is 5.89 Å². The van der Waals surface area contributed by atoms with Crippen LogP contribution >= 0.6 is 0 Å². The van der Waals surface area contributed by atoms with Gasteiger partial charge >= 0.3 is 5.97 Å². The van der Waals surface area contributed by atoms with Gasteiger partial charge in [-0.05, 0) is 20.8 Å². The molecule has 0 amide bonds. The molecule has 14 heavy (non-hydrogen) atoms. The molecule has 0 aliphatic carbocycles. The molecule has 0 saturated carbocycles. The lowest BCUT2D eigenvalue weighted by Crippen LogP contribution is -2.04. The topological polar surface area (TPSA) is 52.3 Å². The van der Waals surface area contributed by atoms with E-state index in [0.717, 1.165) is 5.57 Å². The number of hydrogen-bond acceptors (Lipinski definition) is 4. The third-order valence-corrected chi connectivity index (χ3v) is 1.76. The standard InChI is InChI=1S/C10H13NO3/c1-4-7(3)9-11-8(6-14-9)10(12)13-5-2/h4,6H,5H2,1-3H3/b7-4+. The smallest absolute Gasteiger partial charge is 0.360 e. The van der Waals surface area contributed by atoms with Gasteiger partial charge < -0.3 is 9.15 Å². The molecular formula is C10H13NO3. The zero-order valence-electron chi connectivity index (χ0n) is 8.53. The highest BCUT2D eigenvalue weighted by molar-refractivity contribution is 5.87. The number of rotatable bonds is 3. The molecule has 0 saturated heterocycles. The molecule has 1 aromatic rings. The molecule has 4 nitrogen and oxygen atoms in total. The zero-order chi connectivity index (χ0) is 10.6. The van der Waals surface area contributed by atoms with Crippen molar-refractivity contribution in [3.8, 4) is 0 Å². The number of oxazole rings is 1. The summed E-state index contributed by atoms with van der Waals surface area (Å²) in [6, 6.07) is 0. The summed E-state index contributed by atoms with van der Waals surface area (Å²) in [5, 5.41) is 0. The van der Waals surface area contributed by atoms with Crippen LogP contribution in [0.1, 0.15) is 37.2 Å². The van der Waals surface area contributed by atoms with Crippen molar-refractivity contribution in [2.75, 3.05) is 6.61 Å². The fraction of sp³-hybridized carbons (Fsp3) is 0.400. The van der Waals surface area contributed by atoms with Crippen molar-refractivity contribution in [3.63, 3.8) is 0 Å². The van der Waals surface area contributed by atoms with E-state index in [4.69, 9.17) is 9.15 Å². The van der Waals surface area contributed by atoms with Crippen LogP contribution < -0.4 is 0 Å². The fourth-order valence-corrected chi connectivity index (χ4v) is 0.877. The highest BCUT2D eigenvalue weighted by atomic mass is 16.5. The van der Waals surface area contributed by atoms with Crippen molar-refractivity contribution in [1.29, 1.82) is 0 Å². The second kappa shape index (κ2) is 4.60. The predicted molar refractivity (Wildman–Crippen MR) is 51.8 cm³/mol. The second-order valence-corrected chi connectivity index (χ2v) is 2.73. The van der Waals surface area contributed by atoms with Crippen molar-refractivity contribution >= 4 is 11.5 Å². The van der Waals surface area contributed by atoms with Crippen LogP contribution in [0.15, 0.2) is 16.8 Å². The van der Waals surface area contributed by atoms with Crippen LogP contribution in [-0.2, 0) is 4.74 Å². The minimum absolute atomic E-state index is 0.211. The quantitative estimate of drug-likeness (QED) is 0.694. The highest BCUT2D eigenvalue weighted by Gasteiger charge is 2.13.